The van der Waals surface area contributed by atoms with Crippen molar-refractivity contribution in [2.24, 2.45) is 0 Å². The number of alkyl halides is 6. The molecule has 0 aliphatic carbocycles. The lowest BCUT2D eigenvalue weighted by Crippen LogP contribution is -2.15. The highest BCUT2D eigenvalue weighted by Gasteiger charge is 2.39. The Kier molecular flexibility index (Phi) is 5.39. The van der Waals surface area contributed by atoms with Gasteiger partial charge in [0.1, 0.15) is 24.0 Å². The Morgan fingerprint density at radius 3 is 2.15 bits per heavy atom. The minimum Gasteiger partial charge on any atom is -0.421 e. The van der Waals surface area contributed by atoms with E-state index in [2.05, 4.69) is 35.2 Å². The smallest absolute Gasteiger partial charge is 0.421 e. The van der Waals surface area contributed by atoms with Gasteiger partial charge in [-0.3, -0.25) is 0 Å². The Bertz CT molecular complexity index is 1280. The van der Waals surface area contributed by atoms with E-state index in [1.54, 1.807) is 6.92 Å². The molecule has 0 N–H and O–H groups in total. The second-order valence-corrected chi connectivity index (χ2v) is 6.47. The summed E-state index contributed by atoms with van der Waals surface area (Å²) in [5.41, 5.74) is -3.24. The first-order valence-electron chi connectivity index (χ1n) is 8.86. The maximum Gasteiger partial charge on any atom is 0.433 e. The molecule has 15 heteroatoms. The lowest BCUT2D eigenvalue weighted by molar-refractivity contribution is -0.150. The highest BCUT2D eigenvalue weighted by atomic mass is 19.4. The minimum absolute atomic E-state index is 0.0574. The van der Waals surface area contributed by atoms with Gasteiger partial charge in [-0.2, -0.15) is 26.3 Å². The molecule has 9 nitrogen and oxygen atoms in total. The van der Waals surface area contributed by atoms with Gasteiger partial charge in [-0.05, 0) is 12.1 Å². The van der Waals surface area contributed by atoms with Crippen LogP contribution in [-0.2, 0) is 12.4 Å². The number of aromatic nitrogens is 8. The molecular formula is C18H10F6N8O. The summed E-state index contributed by atoms with van der Waals surface area (Å²) in [6, 6.07) is 0.873. The number of hydrogen-bond acceptors (Lipinski definition) is 8. The van der Waals surface area contributed by atoms with E-state index in [-0.39, 0.29) is 17.4 Å². The summed E-state index contributed by atoms with van der Waals surface area (Å²) < 4.78 is 85.0. The van der Waals surface area contributed by atoms with Gasteiger partial charge in [-0.25, -0.2) is 24.6 Å². The van der Waals surface area contributed by atoms with Gasteiger partial charge in [-0.15, -0.1) is 15.3 Å². The number of rotatable bonds is 4. The van der Waals surface area contributed by atoms with Gasteiger partial charge in [0.05, 0.1) is 5.57 Å². The quantitative estimate of drug-likeness (QED) is 0.415. The van der Waals surface area contributed by atoms with Crippen molar-refractivity contribution in [3.63, 3.8) is 0 Å². The zero-order chi connectivity index (χ0) is 23.8. The summed E-state index contributed by atoms with van der Waals surface area (Å²) in [7, 11) is 0. The molecule has 4 rings (SSSR count). The lowest BCUT2D eigenvalue weighted by Gasteiger charge is -2.11. The fraction of sp³-hybridized carbons (Fsp3) is 0.167. The molecule has 0 saturated carbocycles. The molecule has 0 atom stereocenters. The van der Waals surface area contributed by atoms with E-state index in [0.29, 0.717) is 17.7 Å². The van der Waals surface area contributed by atoms with Crippen molar-refractivity contribution < 1.29 is 30.8 Å². The van der Waals surface area contributed by atoms with Crippen LogP contribution in [0.5, 0.6) is 0 Å². The summed E-state index contributed by atoms with van der Waals surface area (Å²) in [6.07, 6.45) is -3.63. The first-order valence-corrected chi connectivity index (χ1v) is 8.86. The number of hydrogen-bond donors (Lipinski definition) is 0. The third kappa shape index (κ3) is 4.86. The van der Waals surface area contributed by atoms with Gasteiger partial charge in [0.15, 0.2) is 5.82 Å². The van der Waals surface area contributed by atoms with Crippen molar-refractivity contribution in [3.8, 4) is 11.4 Å². The van der Waals surface area contributed by atoms with Gasteiger partial charge in [0.25, 0.3) is 0 Å². The van der Waals surface area contributed by atoms with Gasteiger partial charge < -0.3 is 4.42 Å². The van der Waals surface area contributed by atoms with Crippen molar-refractivity contribution in [1.29, 1.82) is 0 Å². The normalized spacial score (nSPS) is 12.9. The highest BCUT2D eigenvalue weighted by molar-refractivity contribution is 5.82. The summed E-state index contributed by atoms with van der Waals surface area (Å²) in [5.74, 6) is -0.0832. The lowest BCUT2D eigenvalue weighted by atomic mass is 10.1. The van der Waals surface area contributed by atoms with Crippen LogP contribution in [0.1, 0.15) is 28.7 Å². The Balaban J connectivity index is 1.79. The summed E-state index contributed by atoms with van der Waals surface area (Å²) in [4.78, 5) is 14.3. The Morgan fingerprint density at radius 2 is 1.61 bits per heavy atom. The summed E-state index contributed by atoms with van der Waals surface area (Å²) >= 11 is 0. The van der Waals surface area contributed by atoms with E-state index in [1.165, 1.54) is 24.9 Å². The van der Waals surface area contributed by atoms with Crippen LogP contribution < -0.4 is 0 Å². The average Bonchev–Trinajstić information content (AvgIpc) is 3.40. The molecule has 4 heterocycles. The standard InChI is InChI=1S/C18H10F6N8O/c1-9-29-30-16(33-9)12(11-4-25-7-26-5-11)6-32-8-27-15(31-32)10-2-13(17(19,20)21)28-14(3-10)18(22,23)24/h2-8H,1H3. The number of pyridine rings is 1. The van der Waals surface area contributed by atoms with Crippen molar-refractivity contribution in [3.05, 3.63) is 65.9 Å². The summed E-state index contributed by atoms with van der Waals surface area (Å²) in [6.45, 7) is 1.56. The van der Waals surface area contributed by atoms with Crippen LogP contribution in [0.3, 0.4) is 0 Å². The highest BCUT2D eigenvalue weighted by Crippen LogP contribution is 2.35. The second-order valence-electron chi connectivity index (χ2n) is 6.47. The topological polar surface area (TPSA) is 108 Å². The minimum atomic E-state index is -5.10. The molecule has 33 heavy (non-hydrogen) atoms. The molecule has 4 aromatic rings. The van der Waals surface area contributed by atoms with E-state index >= 15 is 0 Å². The monoisotopic (exact) mass is 468 g/mol. The molecule has 0 fully saturated rings. The third-order valence-corrected chi connectivity index (χ3v) is 4.06. The van der Waals surface area contributed by atoms with E-state index in [4.69, 9.17) is 4.42 Å². The molecule has 0 amide bonds. The van der Waals surface area contributed by atoms with Gasteiger partial charge >= 0.3 is 12.4 Å². The van der Waals surface area contributed by atoms with E-state index in [0.717, 1.165) is 11.0 Å². The maximum atomic E-state index is 13.1. The SMILES string of the molecule is Cc1nnc(C(=Cn2cnc(-c3cc(C(F)(F)F)nc(C(F)(F)F)c3)n2)c2cncnc2)o1. The van der Waals surface area contributed by atoms with Crippen LogP contribution >= 0.6 is 0 Å². The van der Waals surface area contributed by atoms with Crippen molar-refractivity contribution in [2.45, 2.75) is 19.3 Å². The second kappa shape index (κ2) is 8.07. The van der Waals surface area contributed by atoms with E-state index < -0.39 is 35.1 Å². The molecule has 0 spiro atoms. The molecule has 0 saturated heterocycles. The zero-order valence-electron chi connectivity index (χ0n) is 16.3. The first kappa shape index (κ1) is 22.0. The van der Waals surface area contributed by atoms with Gasteiger partial charge in [0.2, 0.25) is 11.8 Å². The number of nitrogens with zero attached hydrogens (tertiary/aromatic N) is 8. The molecule has 0 aromatic carbocycles. The maximum absolute atomic E-state index is 13.1. The van der Waals surface area contributed by atoms with Gasteiger partial charge in [-0.1, -0.05) is 0 Å². The van der Waals surface area contributed by atoms with Crippen LogP contribution in [0.15, 0.2) is 41.6 Å². The van der Waals surface area contributed by atoms with Crippen molar-refractivity contribution in [1.82, 2.24) is 39.9 Å². The van der Waals surface area contributed by atoms with Crippen LogP contribution in [0.25, 0.3) is 23.2 Å². The van der Waals surface area contributed by atoms with Crippen LogP contribution in [0.4, 0.5) is 26.3 Å². The van der Waals surface area contributed by atoms with Gasteiger partial charge in [0, 0.05) is 36.6 Å². The molecule has 170 valence electrons. The van der Waals surface area contributed by atoms with Crippen molar-refractivity contribution >= 4 is 11.8 Å². The molecule has 0 unspecified atom stereocenters. The Labute approximate surface area is 179 Å². The van der Waals surface area contributed by atoms with Crippen molar-refractivity contribution in [2.75, 3.05) is 0 Å². The fourth-order valence-corrected chi connectivity index (χ4v) is 2.65. The molecule has 0 aliphatic rings. The zero-order valence-corrected chi connectivity index (χ0v) is 16.3. The molecule has 0 aliphatic heterocycles. The van der Waals surface area contributed by atoms with Crippen LogP contribution in [0.2, 0.25) is 0 Å². The third-order valence-electron chi connectivity index (χ3n) is 4.06. The number of halogens is 6. The number of aryl methyl sites for hydroxylation is 1. The summed E-state index contributed by atoms with van der Waals surface area (Å²) in [5, 5.41) is 11.6. The van der Waals surface area contributed by atoms with Crippen LogP contribution in [0, 0.1) is 6.92 Å². The predicted molar refractivity (Wildman–Crippen MR) is 97.6 cm³/mol. The molecule has 0 radical (unpaired) electrons. The average molecular weight is 468 g/mol. The predicted octanol–water partition coefficient (Wildman–Crippen LogP) is 3.91. The Morgan fingerprint density at radius 1 is 0.970 bits per heavy atom. The van der Waals surface area contributed by atoms with E-state index in [1.807, 2.05) is 0 Å². The molecule has 0 bridgehead atoms. The molecular weight excluding hydrogens is 458 g/mol. The first-order chi connectivity index (χ1) is 15.5. The Hall–Kier alpha value is -4.17. The van der Waals surface area contributed by atoms with Crippen LogP contribution in [-0.4, -0.2) is 39.9 Å². The van der Waals surface area contributed by atoms with E-state index in [9.17, 15) is 26.3 Å². The largest absolute Gasteiger partial charge is 0.433 e. The molecule has 4 aromatic heterocycles. The fourth-order valence-electron chi connectivity index (χ4n) is 2.65.